The first kappa shape index (κ1) is 15.2. The van der Waals surface area contributed by atoms with Crippen molar-refractivity contribution >= 4 is 23.5 Å². The summed E-state index contributed by atoms with van der Waals surface area (Å²) in [4.78, 5) is 12.1. The Labute approximate surface area is 136 Å². The number of anilines is 1. The van der Waals surface area contributed by atoms with Gasteiger partial charge in [0.1, 0.15) is 5.76 Å². The van der Waals surface area contributed by atoms with Gasteiger partial charge in [0.05, 0.1) is 0 Å². The van der Waals surface area contributed by atoms with Crippen LogP contribution in [-0.4, -0.2) is 31.3 Å². The van der Waals surface area contributed by atoms with Gasteiger partial charge in [-0.05, 0) is 35.0 Å². The molecule has 0 aliphatic heterocycles. The SMILES string of the molecule is Cc1cc(NC(=O)c2ccc(CSc3nnnn3C)cc2)no1. The highest BCUT2D eigenvalue weighted by Gasteiger charge is 2.09. The van der Waals surface area contributed by atoms with E-state index >= 15 is 0 Å². The molecule has 0 aliphatic rings. The lowest BCUT2D eigenvalue weighted by Gasteiger charge is -2.04. The van der Waals surface area contributed by atoms with Gasteiger partial charge in [0.15, 0.2) is 5.82 Å². The summed E-state index contributed by atoms with van der Waals surface area (Å²) in [5.41, 5.74) is 1.63. The Bertz CT molecular complexity index is 811. The van der Waals surface area contributed by atoms with E-state index in [9.17, 15) is 4.79 Å². The van der Waals surface area contributed by atoms with Crippen LogP contribution in [0.5, 0.6) is 0 Å². The summed E-state index contributed by atoms with van der Waals surface area (Å²) in [6.07, 6.45) is 0. The number of thioether (sulfide) groups is 1. The van der Waals surface area contributed by atoms with Gasteiger partial charge in [-0.1, -0.05) is 29.1 Å². The van der Waals surface area contributed by atoms with Gasteiger partial charge in [0.2, 0.25) is 5.16 Å². The van der Waals surface area contributed by atoms with E-state index < -0.39 is 0 Å². The Hall–Kier alpha value is -2.68. The van der Waals surface area contributed by atoms with Crippen molar-refractivity contribution < 1.29 is 9.32 Å². The molecule has 0 spiro atoms. The van der Waals surface area contributed by atoms with Gasteiger partial charge in [-0.2, -0.15) is 0 Å². The maximum Gasteiger partial charge on any atom is 0.256 e. The van der Waals surface area contributed by atoms with Crippen molar-refractivity contribution in [3.8, 4) is 0 Å². The number of nitrogens with one attached hydrogen (secondary N) is 1. The Kier molecular flexibility index (Phi) is 4.38. The number of amides is 1. The fourth-order valence-corrected chi connectivity index (χ4v) is 2.66. The van der Waals surface area contributed by atoms with Crippen LogP contribution in [0.4, 0.5) is 5.82 Å². The first-order chi connectivity index (χ1) is 11.1. The number of aryl methyl sites for hydroxylation is 2. The molecular formula is C14H14N6O2S. The lowest BCUT2D eigenvalue weighted by atomic mass is 10.1. The molecule has 0 saturated carbocycles. The Morgan fingerprint density at radius 3 is 2.74 bits per heavy atom. The van der Waals surface area contributed by atoms with E-state index in [4.69, 9.17) is 4.52 Å². The molecule has 23 heavy (non-hydrogen) atoms. The molecule has 1 aromatic carbocycles. The third-order valence-electron chi connectivity index (χ3n) is 3.03. The zero-order chi connectivity index (χ0) is 16.2. The maximum atomic E-state index is 12.1. The van der Waals surface area contributed by atoms with Crippen LogP contribution in [0.1, 0.15) is 21.7 Å². The molecular weight excluding hydrogens is 316 g/mol. The summed E-state index contributed by atoms with van der Waals surface area (Å²) >= 11 is 1.53. The molecule has 2 aromatic heterocycles. The fourth-order valence-electron chi connectivity index (χ4n) is 1.86. The van der Waals surface area contributed by atoms with Crippen LogP contribution in [0.15, 0.2) is 40.0 Å². The number of aromatic nitrogens is 5. The molecule has 3 rings (SSSR count). The predicted octanol–water partition coefficient (Wildman–Crippen LogP) is 2.05. The van der Waals surface area contributed by atoms with Gasteiger partial charge in [-0.15, -0.1) is 5.10 Å². The summed E-state index contributed by atoms with van der Waals surface area (Å²) in [6.45, 7) is 1.77. The second kappa shape index (κ2) is 6.61. The largest absolute Gasteiger partial charge is 0.360 e. The molecule has 0 aliphatic carbocycles. The van der Waals surface area contributed by atoms with Gasteiger partial charge < -0.3 is 9.84 Å². The molecule has 8 nitrogen and oxygen atoms in total. The molecule has 2 heterocycles. The number of nitrogens with zero attached hydrogens (tertiary/aromatic N) is 5. The maximum absolute atomic E-state index is 12.1. The number of tetrazole rings is 1. The van der Waals surface area contributed by atoms with Crippen LogP contribution in [0.3, 0.4) is 0 Å². The molecule has 0 unspecified atom stereocenters. The number of carbonyl (C=O) groups excluding carboxylic acids is 1. The second-order valence-corrected chi connectivity index (χ2v) is 5.79. The molecule has 9 heteroatoms. The van der Waals surface area contributed by atoms with Crippen molar-refractivity contribution in [2.45, 2.75) is 17.8 Å². The minimum absolute atomic E-state index is 0.227. The van der Waals surface area contributed by atoms with Crippen molar-refractivity contribution in [1.82, 2.24) is 25.4 Å². The minimum atomic E-state index is -0.227. The number of hydrogen-bond donors (Lipinski definition) is 1. The van der Waals surface area contributed by atoms with Crippen molar-refractivity contribution in [1.29, 1.82) is 0 Å². The first-order valence-electron chi connectivity index (χ1n) is 6.80. The zero-order valence-electron chi connectivity index (χ0n) is 12.6. The monoisotopic (exact) mass is 330 g/mol. The predicted molar refractivity (Wildman–Crippen MR) is 84.0 cm³/mol. The average molecular weight is 330 g/mol. The Morgan fingerprint density at radius 2 is 2.13 bits per heavy atom. The summed E-state index contributed by atoms with van der Waals surface area (Å²) in [5, 5.41) is 18.4. The highest BCUT2D eigenvalue weighted by atomic mass is 32.2. The lowest BCUT2D eigenvalue weighted by molar-refractivity contribution is 0.102. The van der Waals surface area contributed by atoms with E-state index in [1.54, 1.807) is 36.9 Å². The molecule has 0 atom stereocenters. The lowest BCUT2D eigenvalue weighted by Crippen LogP contribution is -2.11. The van der Waals surface area contributed by atoms with Gasteiger partial charge in [0, 0.05) is 24.4 Å². The van der Waals surface area contributed by atoms with Gasteiger partial charge in [0.25, 0.3) is 5.91 Å². The standard InChI is InChI=1S/C14H14N6O2S/c1-9-7-12(17-22-9)15-13(21)11-5-3-10(4-6-11)8-23-14-16-18-19-20(14)2/h3-7H,8H2,1-2H3,(H,15,17,21). The first-order valence-corrected chi connectivity index (χ1v) is 7.79. The molecule has 0 fully saturated rings. The summed E-state index contributed by atoms with van der Waals surface area (Å²) < 4.78 is 6.53. The van der Waals surface area contributed by atoms with Crippen molar-refractivity contribution in [2.24, 2.45) is 7.05 Å². The van der Waals surface area contributed by atoms with E-state index in [1.807, 2.05) is 12.1 Å². The minimum Gasteiger partial charge on any atom is -0.360 e. The van der Waals surface area contributed by atoms with Crippen LogP contribution < -0.4 is 5.32 Å². The summed E-state index contributed by atoms with van der Waals surface area (Å²) in [6, 6.07) is 9.01. The molecule has 118 valence electrons. The van der Waals surface area contributed by atoms with Crippen molar-refractivity contribution in [2.75, 3.05) is 5.32 Å². The normalized spacial score (nSPS) is 10.7. The fraction of sp³-hybridized carbons (Fsp3) is 0.214. The topological polar surface area (TPSA) is 98.7 Å². The smallest absolute Gasteiger partial charge is 0.256 e. The second-order valence-electron chi connectivity index (χ2n) is 4.85. The molecule has 0 radical (unpaired) electrons. The van der Waals surface area contributed by atoms with E-state index in [0.717, 1.165) is 16.5 Å². The molecule has 0 saturated heterocycles. The Balaban J connectivity index is 1.60. The van der Waals surface area contributed by atoms with Crippen LogP contribution in [-0.2, 0) is 12.8 Å². The zero-order valence-corrected chi connectivity index (χ0v) is 13.4. The highest BCUT2D eigenvalue weighted by molar-refractivity contribution is 7.98. The van der Waals surface area contributed by atoms with Gasteiger partial charge >= 0.3 is 0 Å². The highest BCUT2D eigenvalue weighted by Crippen LogP contribution is 2.19. The number of carbonyl (C=O) groups is 1. The third-order valence-corrected chi connectivity index (χ3v) is 4.12. The average Bonchev–Trinajstić information content (AvgIpc) is 3.14. The van der Waals surface area contributed by atoms with E-state index in [1.165, 1.54) is 11.8 Å². The quantitative estimate of drug-likeness (QED) is 0.715. The third kappa shape index (κ3) is 3.75. The van der Waals surface area contributed by atoms with Crippen LogP contribution in [0, 0.1) is 6.92 Å². The van der Waals surface area contributed by atoms with Gasteiger partial charge in [-0.3, -0.25) is 4.79 Å². The Morgan fingerprint density at radius 1 is 1.35 bits per heavy atom. The van der Waals surface area contributed by atoms with Crippen molar-refractivity contribution in [3.05, 3.63) is 47.2 Å². The number of hydrogen-bond acceptors (Lipinski definition) is 7. The molecule has 3 aromatic rings. The molecule has 0 bridgehead atoms. The van der Waals surface area contributed by atoms with E-state index in [0.29, 0.717) is 17.1 Å². The van der Waals surface area contributed by atoms with E-state index in [2.05, 4.69) is 26.0 Å². The molecule has 1 amide bonds. The van der Waals surface area contributed by atoms with Gasteiger partial charge in [-0.25, -0.2) is 4.68 Å². The summed E-state index contributed by atoms with van der Waals surface area (Å²) in [7, 11) is 1.79. The van der Waals surface area contributed by atoms with E-state index in [-0.39, 0.29) is 5.91 Å². The van der Waals surface area contributed by atoms with Crippen molar-refractivity contribution in [3.63, 3.8) is 0 Å². The number of benzene rings is 1. The molecule has 1 N–H and O–H groups in total. The van der Waals surface area contributed by atoms with Crippen LogP contribution in [0.2, 0.25) is 0 Å². The summed E-state index contributed by atoms with van der Waals surface area (Å²) in [5.74, 6) is 1.54. The van der Waals surface area contributed by atoms with Crippen LogP contribution >= 0.6 is 11.8 Å². The van der Waals surface area contributed by atoms with Crippen LogP contribution in [0.25, 0.3) is 0 Å². The number of rotatable bonds is 5.